The van der Waals surface area contributed by atoms with Crippen LogP contribution in [0.15, 0.2) is 176 Å². The number of fused-ring (bicyclic) bond motifs is 13. The predicted octanol–water partition coefficient (Wildman–Crippen LogP) is 14.0. The summed E-state index contributed by atoms with van der Waals surface area (Å²) >= 11 is 0. The lowest BCUT2D eigenvalue weighted by molar-refractivity contribution is 0.660. The third-order valence-electron chi connectivity index (χ3n) is 14.0. The summed E-state index contributed by atoms with van der Waals surface area (Å²) in [6.07, 6.45) is 0. The molecule has 0 fully saturated rings. The van der Waals surface area contributed by atoms with Crippen LogP contribution in [0.4, 0.5) is 0 Å². The minimum atomic E-state index is -0.176. The molecule has 2 aliphatic carbocycles. The molecule has 0 bridgehead atoms. The number of para-hydroxylation sites is 3. The lowest BCUT2D eigenvalue weighted by atomic mass is 9.82. The highest BCUT2D eigenvalue weighted by atomic mass is 15.2. The summed E-state index contributed by atoms with van der Waals surface area (Å²) < 4.78 is 4.70. The maximum Gasteiger partial charge on any atom is 0.238 e. The summed E-state index contributed by atoms with van der Waals surface area (Å²) in [6.45, 7) is 9.30. The molecule has 3 aromatic heterocycles. The number of nitrogens with zero attached hydrogens (tertiary/aromatic N) is 5. The molecule has 2 aliphatic rings. The molecule has 3 heterocycles. The van der Waals surface area contributed by atoms with E-state index in [0.717, 1.165) is 49.7 Å². The molecular weight excluding hydrogens is 755 g/mol. The van der Waals surface area contributed by atoms with Crippen LogP contribution in [-0.4, -0.2) is 24.1 Å². The largest absolute Gasteiger partial charge is 0.307 e. The number of hydrogen-bond acceptors (Lipinski definition) is 3. The van der Waals surface area contributed by atoms with Crippen molar-refractivity contribution in [2.24, 2.45) is 0 Å². The highest BCUT2D eigenvalue weighted by Crippen LogP contribution is 2.51. The average molecular weight is 796 g/mol. The fourth-order valence-corrected chi connectivity index (χ4v) is 11.0. The fourth-order valence-electron chi connectivity index (χ4n) is 11.0. The molecular formula is C57H41N5. The smallest absolute Gasteiger partial charge is 0.238 e. The van der Waals surface area contributed by atoms with Gasteiger partial charge >= 0.3 is 0 Å². The van der Waals surface area contributed by atoms with E-state index in [4.69, 9.17) is 15.0 Å². The zero-order valence-corrected chi connectivity index (χ0v) is 35.0. The van der Waals surface area contributed by atoms with Gasteiger partial charge in [0.1, 0.15) is 0 Å². The second-order valence-electron chi connectivity index (χ2n) is 18.0. The van der Waals surface area contributed by atoms with Crippen LogP contribution in [0.5, 0.6) is 0 Å². The molecule has 5 nitrogen and oxygen atoms in total. The van der Waals surface area contributed by atoms with Crippen molar-refractivity contribution >= 4 is 43.6 Å². The average Bonchev–Trinajstić information content (AvgIpc) is 3.98. The van der Waals surface area contributed by atoms with Gasteiger partial charge in [-0.05, 0) is 80.9 Å². The van der Waals surface area contributed by atoms with Gasteiger partial charge in [0, 0.05) is 49.2 Å². The third kappa shape index (κ3) is 4.71. The lowest BCUT2D eigenvalue weighted by Gasteiger charge is -2.22. The monoisotopic (exact) mass is 795 g/mol. The first-order chi connectivity index (χ1) is 30.3. The second-order valence-corrected chi connectivity index (χ2v) is 18.0. The van der Waals surface area contributed by atoms with Crippen LogP contribution >= 0.6 is 0 Å². The molecule has 0 saturated carbocycles. The van der Waals surface area contributed by atoms with E-state index in [1.54, 1.807) is 0 Å². The van der Waals surface area contributed by atoms with Gasteiger partial charge in [0.15, 0.2) is 11.6 Å². The fraction of sp³-hybridized carbons (Fsp3) is 0.105. The van der Waals surface area contributed by atoms with E-state index in [1.807, 2.05) is 0 Å². The first kappa shape index (κ1) is 35.2. The van der Waals surface area contributed by atoms with Gasteiger partial charge in [0.2, 0.25) is 5.95 Å². The Kier molecular flexibility index (Phi) is 7.07. The molecule has 13 rings (SSSR count). The first-order valence-corrected chi connectivity index (χ1v) is 21.5. The van der Waals surface area contributed by atoms with Crippen molar-refractivity contribution in [3.05, 3.63) is 198 Å². The van der Waals surface area contributed by atoms with Crippen molar-refractivity contribution in [2.75, 3.05) is 0 Å². The van der Waals surface area contributed by atoms with Crippen molar-refractivity contribution < 1.29 is 0 Å². The van der Waals surface area contributed by atoms with Gasteiger partial charge in [0.05, 0.1) is 22.1 Å². The predicted molar refractivity (Wildman–Crippen MR) is 255 cm³/mol. The van der Waals surface area contributed by atoms with Crippen LogP contribution in [0.1, 0.15) is 49.9 Å². The SMILES string of the molecule is CC1(C)c2ccccc2-c2ccc(-c3nc(-c4ccc5c(c4)C(C)(C)c4ccccc4-5)nc(-n4c5ccccc5c5ccc6c7ccccc7n(-c7ccccc7)c6c54)n3)cc21. The molecule has 0 amide bonds. The summed E-state index contributed by atoms with van der Waals surface area (Å²) in [6, 6.07) is 63.8. The lowest BCUT2D eigenvalue weighted by Crippen LogP contribution is -2.15. The molecule has 62 heavy (non-hydrogen) atoms. The molecule has 0 radical (unpaired) electrons. The Hall–Kier alpha value is -7.63. The van der Waals surface area contributed by atoms with Crippen molar-refractivity contribution in [3.63, 3.8) is 0 Å². The van der Waals surface area contributed by atoms with Crippen LogP contribution < -0.4 is 0 Å². The van der Waals surface area contributed by atoms with Gasteiger partial charge in [-0.1, -0.05) is 167 Å². The second kappa shape index (κ2) is 12.5. The topological polar surface area (TPSA) is 48.5 Å². The van der Waals surface area contributed by atoms with Gasteiger partial charge in [-0.15, -0.1) is 0 Å². The van der Waals surface area contributed by atoms with Crippen molar-refractivity contribution in [1.29, 1.82) is 0 Å². The quantitative estimate of drug-likeness (QED) is 0.178. The minimum Gasteiger partial charge on any atom is -0.307 e. The van der Waals surface area contributed by atoms with Gasteiger partial charge in [-0.3, -0.25) is 4.57 Å². The Morgan fingerprint density at radius 2 is 0.790 bits per heavy atom. The molecule has 0 N–H and O–H groups in total. The molecule has 0 atom stereocenters. The van der Waals surface area contributed by atoms with Crippen LogP contribution in [-0.2, 0) is 10.8 Å². The van der Waals surface area contributed by atoms with Crippen molar-refractivity contribution in [2.45, 2.75) is 38.5 Å². The summed E-state index contributed by atoms with van der Waals surface area (Å²) in [5.74, 6) is 1.87. The Morgan fingerprint density at radius 1 is 0.355 bits per heavy atom. The van der Waals surface area contributed by atoms with Gasteiger partial charge in [-0.25, -0.2) is 4.98 Å². The normalized spacial score (nSPS) is 14.4. The van der Waals surface area contributed by atoms with E-state index in [0.29, 0.717) is 17.6 Å². The Morgan fingerprint density at radius 3 is 1.34 bits per heavy atom. The molecule has 0 unspecified atom stereocenters. The summed E-state index contributed by atoms with van der Waals surface area (Å²) in [4.78, 5) is 16.5. The molecule has 0 saturated heterocycles. The summed E-state index contributed by atoms with van der Waals surface area (Å²) in [7, 11) is 0. The van der Waals surface area contributed by atoms with Crippen LogP contribution in [0.3, 0.4) is 0 Å². The Labute approximate surface area is 359 Å². The number of rotatable bonds is 4. The van der Waals surface area contributed by atoms with E-state index in [1.165, 1.54) is 55.3 Å². The Balaban J connectivity index is 1.12. The van der Waals surface area contributed by atoms with Crippen LogP contribution in [0.25, 0.3) is 100 Å². The number of hydrogen-bond donors (Lipinski definition) is 0. The van der Waals surface area contributed by atoms with Crippen LogP contribution in [0, 0.1) is 0 Å². The van der Waals surface area contributed by atoms with E-state index in [-0.39, 0.29) is 10.8 Å². The summed E-state index contributed by atoms with van der Waals surface area (Å²) in [5, 5.41) is 4.67. The van der Waals surface area contributed by atoms with Crippen molar-refractivity contribution in [1.82, 2.24) is 24.1 Å². The number of aromatic nitrogens is 5. The van der Waals surface area contributed by atoms with E-state index >= 15 is 0 Å². The molecule has 11 aromatic rings. The molecule has 0 aliphatic heterocycles. The maximum absolute atomic E-state index is 5.52. The number of benzene rings is 8. The molecule has 0 spiro atoms. The highest BCUT2D eigenvalue weighted by Gasteiger charge is 2.37. The third-order valence-corrected chi connectivity index (χ3v) is 14.0. The standard InChI is InChI=1S/C57H41N5/c1-56(2)45-22-12-8-18-37(45)39-28-26-34(32-47(39)56)53-58-54(35-27-29-40-38-19-9-13-23-46(38)57(3,4)48(40)33-35)60-55(59-53)62-50-25-15-11-21-42(50)44-31-30-43-41-20-10-14-24-49(41)61(51(43)52(44)62)36-16-6-5-7-17-36/h5-33H,1-4H3. The Bertz CT molecular complexity index is 3570. The van der Waals surface area contributed by atoms with E-state index < -0.39 is 0 Å². The van der Waals surface area contributed by atoms with Crippen LogP contribution in [0.2, 0.25) is 0 Å². The van der Waals surface area contributed by atoms with E-state index in [2.05, 4.69) is 213 Å². The molecule has 5 heteroatoms. The molecule has 294 valence electrons. The van der Waals surface area contributed by atoms with Gasteiger partial charge in [0.25, 0.3) is 0 Å². The first-order valence-electron chi connectivity index (χ1n) is 21.5. The molecule has 8 aromatic carbocycles. The van der Waals surface area contributed by atoms with Gasteiger partial charge in [-0.2, -0.15) is 9.97 Å². The zero-order chi connectivity index (χ0) is 41.5. The maximum atomic E-state index is 5.52. The van der Waals surface area contributed by atoms with Gasteiger partial charge < -0.3 is 4.57 Å². The van der Waals surface area contributed by atoms with Crippen molar-refractivity contribution in [3.8, 4) is 56.7 Å². The zero-order valence-electron chi connectivity index (χ0n) is 35.0. The minimum absolute atomic E-state index is 0.176. The van der Waals surface area contributed by atoms with E-state index in [9.17, 15) is 0 Å². The summed E-state index contributed by atoms with van der Waals surface area (Å²) in [5.41, 5.74) is 17.4. The highest BCUT2D eigenvalue weighted by molar-refractivity contribution is 6.23.